The monoisotopic (exact) mass is 235 g/mol. The van der Waals surface area contributed by atoms with Gasteiger partial charge in [-0.15, -0.1) is 0 Å². The Morgan fingerprint density at radius 2 is 2.06 bits per heavy atom. The SMILES string of the molecule is FC1(F)CC1c1nc(Cc2ccncc2)c[nH]1. The van der Waals surface area contributed by atoms with Crippen LogP contribution in [0.3, 0.4) is 0 Å². The largest absolute Gasteiger partial charge is 0.348 e. The third-order valence-corrected chi connectivity index (χ3v) is 2.94. The third-order valence-electron chi connectivity index (χ3n) is 2.94. The fourth-order valence-electron chi connectivity index (χ4n) is 1.87. The van der Waals surface area contributed by atoms with Crippen molar-refractivity contribution in [3.63, 3.8) is 0 Å². The molecule has 0 aliphatic heterocycles. The summed E-state index contributed by atoms with van der Waals surface area (Å²) >= 11 is 0. The summed E-state index contributed by atoms with van der Waals surface area (Å²) in [5, 5.41) is 0. The average Bonchev–Trinajstić information content (AvgIpc) is 2.74. The maximum absolute atomic E-state index is 12.8. The first-order valence-corrected chi connectivity index (χ1v) is 5.46. The Balaban J connectivity index is 1.74. The maximum Gasteiger partial charge on any atom is 0.259 e. The molecule has 1 saturated carbocycles. The zero-order valence-electron chi connectivity index (χ0n) is 9.03. The van der Waals surface area contributed by atoms with Crippen molar-refractivity contribution < 1.29 is 8.78 Å². The van der Waals surface area contributed by atoms with Crippen LogP contribution in [0.5, 0.6) is 0 Å². The molecule has 1 unspecified atom stereocenters. The van der Waals surface area contributed by atoms with Gasteiger partial charge in [0.25, 0.3) is 5.92 Å². The van der Waals surface area contributed by atoms with Crippen LogP contribution in [0.1, 0.15) is 29.4 Å². The Morgan fingerprint density at radius 1 is 1.35 bits per heavy atom. The predicted octanol–water partition coefficient (Wildman–Crippen LogP) is 2.52. The topological polar surface area (TPSA) is 41.6 Å². The normalized spacial score (nSPS) is 21.4. The molecular weight excluding hydrogens is 224 g/mol. The lowest BCUT2D eigenvalue weighted by Gasteiger charge is -1.96. The minimum Gasteiger partial charge on any atom is -0.348 e. The van der Waals surface area contributed by atoms with Gasteiger partial charge in [0.15, 0.2) is 0 Å². The summed E-state index contributed by atoms with van der Waals surface area (Å²) in [5.74, 6) is -2.88. The van der Waals surface area contributed by atoms with E-state index in [9.17, 15) is 8.78 Å². The summed E-state index contributed by atoms with van der Waals surface area (Å²) in [4.78, 5) is 11.0. The molecule has 0 spiro atoms. The Kier molecular flexibility index (Phi) is 2.21. The number of pyridine rings is 1. The summed E-state index contributed by atoms with van der Waals surface area (Å²) in [5.41, 5.74) is 1.86. The lowest BCUT2D eigenvalue weighted by Crippen LogP contribution is -1.95. The van der Waals surface area contributed by atoms with Crippen molar-refractivity contribution in [2.75, 3.05) is 0 Å². The number of hydrogen-bond acceptors (Lipinski definition) is 2. The summed E-state index contributed by atoms with van der Waals surface area (Å²) in [6.45, 7) is 0. The van der Waals surface area contributed by atoms with Gasteiger partial charge in [-0.25, -0.2) is 13.8 Å². The fourth-order valence-corrected chi connectivity index (χ4v) is 1.87. The molecule has 0 saturated heterocycles. The lowest BCUT2D eigenvalue weighted by atomic mass is 10.2. The van der Waals surface area contributed by atoms with Crippen molar-refractivity contribution in [2.24, 2.45) is 0 Å². The number of aromatic amines is 1. The van der Waals surface area contributed by atoms with Gasteiger partial charge in [-0.2, -0.15) is 0 Å². The number of nitrogens with one attached hydrogen (secondary N) is 1. The van der Waals surface area contributed by atoms with Crippen LogP contribution in [-0.4, -0.2) is 20.9 Å². The molecule has 1 aliphatic carbocycles. The maximum atomic E-state index is 12.8. The van der Waals surface area contributed by atoms with Crippen LogP contribution in [0.25, 0.3) is 0 Å². The number of H-pyrrole nitrogens is 1. The van der Waals surface area contributed by atoms with Crippen LogP contribution < -0.4 is 0 Å². The predicted molar refractivity (Wildman–Crippen MR) is 57.9 cm³/mol. The van der Waals surface area contributed by atoms with Gasteiger partial charge in [0.1, 0.15) is 5.82 Å². The van der Waals surface area contributed by atoms with Gasteiger partial charge in [-0.05, 0) is 17.7 Å². The molecule has 17 heavy (non-hydrogen) atoms. The first-order chi connectivity index (χ1) is 8.15. The van der Waals surface area contributed by atoms with Crippen LogP contribution in [0, 0.1) is 0 Å². The highest BCUT2D eigenvalue weighted by Crippen LogP contribution is 2.54. The minimum absolute atomic E-state index is 0.0881. The number of rotatable bonds is 3. The van der Waals surface area contributed by atoms with E-state index in [1.807, 2.05) is 12.1 Å². The van der Waals surface area contributed by atoms with Gasteiger partial charge in [0.05, 0.1) is 11.6 Å². The van der Waals surface area contributed by atoms with E-state index in [0.717, 1.165) is 11.3 Å². The minimum atomic E-state index is -2.56. The number of nitrogens with zero attached hydrogens (tertiary/aromatic N) is 2. The third kappa shape index (κ3) is 2.05. The molecule has 1 atom stereocenters. The van der Waals surface area contributed by atoms with Crippen molar-refractivity contribution in [3.8, 4) is 0 Å². The molecule has 2 aromatic rings. The number of halogens is 2. The first-order valence-electron chi connectivity index (χ1n) is 5.46. The molecule has 2 aromatic heterocycles. The molecule has 1 aliphatic rings. The number of hydrogen-bond donors (Lipinski definition) is 1. The quantitative estimate of drug-likeness (QED) is 0.888. The van der Waals surface area contributed by atoms with E-state index >= 15 is 0 Å². The first kappa shape index (κ1) is 10.4. The van der Waals surface area contributed by atoms with Crippen LogP contribution in [-0.2, 0) is 6.42 Å². The zero-order valence-corrected chi connectivity index (χ0v) is 9.03. The van der Waals surface area contributed by atoms with E-state index in [2.05, 4.69) is 15.0 Å². The Labute approximate surface area is 96.9 Å². The molecule has 0 aromatic carbocycles. The van der Waals surface area contributed by atoms with Gasteiger partial charge < -0.3 is 4.98 Å². The number of imidazole rings is 1. The standard InChI is InChI=1S/C12H11F2N3/c13-12(14)6-10(12)11-16-7-9(17-11)5-8-1-3-15-4-2-8/h1-4,7,10H,5-6H2,(H,16,17). The van der Waals surface area contributed by atoms with Crippen molar-refractivity contribution in [1.82, 2.24) is 15.0 Å². The van der Waals surface area contributed by atoms with E-state index in [-0.39, 0.29) is 6.42 Å². The molecular formula is C12H11F2N3. The van der Waals surface area contributed by atoms with E-state index in [0.29, 0.717) is 12.2 Å². The molecule has 3 nitrogen and oxygen atoms in total. The number of aromatic nitrogens is 3. The highest BCUT2D eigenvalue weighted by Gasteiger charge is 2.59. The van der Waals surface area contributed by atoms with Crippen LogP contribution in [0.15, 0.2) is 30.7 Å². The molecule has 2 heterocycles. The van der Waals surface area contributed by atoms with E-state index < -0.39 is 11.8 Å². The van der Waals surface area contributed by atoms with Gasteiger partial charge in [-0.3, -0.25) is 4.98 Å². The molecule has 3 rings (SSSR count). The summed E-state index contributed by atoms with van der Waals surface area (Å²) in [7, 11) is 0. The van der Waals surface area contributed by atoms with Gasteiger partial charge in [0, 0.05) is 31.4 Å². The fraction of sp³-hybridized carbons (Fsp3) is 0.333. The van der Waals surface area contributed by atoms with Gasteiger partial charge in [0.2, 0.25) is 0 Å². The molecule has 0 radical (unpaired) electrons. The van der Waals surface area contributed by atoms with Crippen molar-refractivity contribution in [2.45, 2.75) is 24.7 Å². The second-order valence-corrected chi connectivity index (χ2v) is 4.33. The van der Waals surface area contributed by atoms with Gasteiger partial charge >= 0.3 is 0 Å². The summed E-state index contributed by atoms with van der Waals surface area (Å²) in [6, 6.07) is 3.78. The van der Waals surface area contributed by atoms with Crippen molar-refractivity contribution >= 4 is 0 Å². The Hall–Kier alpha value is -1.78. The van der Waals surface area contributed by atoms with Crippen LogP contribution in [0.4, 0.5) is 8.78 Å². The van der Waals surface area contributed by atoms with E-state index in [1.165, 1.54) is 0 Å². The summed E-state index contributed by atoms with van der Waals surface area (Å²) in [6.07, 6.45) is 5.66. The Bertz CT molecular complexity index is 522. The van der Waals surface area contributed by atoms with Crippen LogP contribution >= 0.6 is 0 Å². The van der Waals surface area contributed by atoms with Crippen molar-refractivity contribution in [1.29, 1.82) is 0 Å². The molecule has 88 valence electrons. The lowest BCUT2D eigenvalue weighted by molar-refractivity contribution is 0.111. The van der Waals surface area contributed by atoms with Crippen LogP contribution in [0.2, 0.25) is 0 Å². The number of alkyl halides is 2. The molecule has 0 bridgehead atoms. The average molecular weight is 235 g/mol. The van der Waals surface area contributed by atoms with Gasteiger partial charge in [-0.1, -0.05) is 0 Å². The Morgan fingerprint density at radius 3 is 2.71 bits per heavy atom. The molecule has 1 fully saturated rings. The van der Waals surface area contributed by atoms with E-state index in [1.54, 1.807) is 18.6 Å². The van der Waals surface area contributed by atoms with Crippen molar-refractivity contribution in [3.05, 3.63) is 47.8 Å². The smallest absolute Gasteiger partial charge is 0.259 e. The molecule has 0 amide bonds. The molecule has 1 N–H and O–H groups in total. The van der Waals surface area contributed by atoms with E-state index in [4.69, 9.17) is 0 Å². The second-order valence-electron chi connectivity index (χ2n) is 4.33. The highest BCUT2D eigenvalue weighted by molar-refractivity contribution is 5.22. The summed E-state index contributed by atoms with van der Waals surface area (Å²) < 4.78 is 25.7. The highest BCUT2D eigenvalue weighted by atomic mass is 19.3. The zero-order chi connectivity index (χ0) is 11.9. The molecule has 5 heteroatoms. The second kappa shape index (κ2) is 3.61.